The summed E-state index contributed by atoms with van der Waals surface area (Å²) in [5.41, 5.74) is 0.267. The van der Waals surface area contributed by atoms with Gasteiger partial charge in [0.25, 0.3) is 0 Å². The highest BCUT2D eigenvalue weighted by molar-refractivity contribution is 5.91. The SMILES string of the molecule is COc1ncccc1CNC(=O)C1C(C(=O)O)C1(C)C. The van der Waals surface area contributed by atoms with Gasteiger partial charge in [0.2, 0.25) is 11.8 Å². The molecule has 2 unspecified atom stereocenters. The van der Waals surface area contributed by atoms with Crippen LogP contribution in [0.15, 0.2) is 18.3 Å². The second kappa shape index (κ2) is 5.11. The van der Waals surface area contributed by atoms with E-state index < -0.39 is 23.2 Å². The van der Waals surface area contributed by atoms with Crippen molar-refractivity contribution in [2.24, 2.45) is 17.3 Å². The standard InChI is InChI=1S/C14H18N2O4/c1-14(2)9(10(14)13(18)19)11(17)16-7-8-5-4-6-15-12(8)20-3/h4-6,9-10H,7H2,1-3H3,(H,16,17)(H,18,19). The third-order valence-corrected chi connectivity index (χ3v) is 3.87. The molecule has 1 heterocycles. The molecule has 1 aromatic rings. The zero-order valence-corrected chi connectivity index (χ0v) is 11.7. The van der Waals surface area contributed by atoms with Crippen molar-refractivity contribution >= 4 is 11.9 Å². The molecular formula is C14H18N2O4. The molecule has 1 amide bonds. The highest BCUT2D eigenvalue weighted by Crippen LogP contribution is 2.58. The largest absolute Gasteiger partial charge is 0.481 e. The monoisotopic (exact) mass is 278 g/mol. The van der Waals surface area contributed by atoms with Crippen molar-refractivity contribution in [3.05, 3.63) is 23.9 Å². The predicted molar refractivity (Wildman–Crippen MR) is 71.0 cm³/mol. The second-order valence-corrected chi connectivity index (χ2v) is 5.50. The van der Waals surface area contributed by atoms with E-state index in [1.54, 1.807) is 32.2 Å². The van der Waals surface area contributed by atoms with Crippen LogP contribution in [0.3, 0.4) is 0 Å². The molecule has 0 bridgehead atoms. The predicted octanol–water partition coefficient (Wildman–Crippen LogP) is 1.06. The average molecular weight is 278 g/mol. The number of amides is 1. The summed E-state index contributed by atoms with van der Waals surface area (Å²) in [6.07, 6.45) is 1.61. The molecule has 2 rings (SSSR count). The van der Waals surface area contributed by atoms with Gasteiger partial charge in [-0.05, 0) is 11.5 Å². The van der Waals surface area contributed by atoms with Gasteiger partial charge in [-0.15, -0.1) is 0 Å². The van der Waals surface area contributed by atoms with Crippen LogP contribution in [0, 0.1) is 17.3 Å². The Morgan fingerprint density at radius 1 is 1.45 bits per heavy atom. The zero-order valence-electron chi connectivity index (χ0n) is 11.7. The number of hydrogen-bond donors (Lipinski definition) is 2. The Bertz CT molecular complexity index is 542. The first-order valence-corrected chi connectivity index (χ1v) is 6.38. The molecule has 6 heteroatoms. The lowest BCUT2D eigenvalue weighted by Gasteiger charge is -2.09. The van der Waals surface area contributed by atoms with Gasteiger partial charge in [-0.2, -0.15) is 0 Å². The summed E-state index contributed by atoms with van der Waals surface area (Å²) in [5.74, 6) is -1.80. The van der Waals surface area contributed by atoms with Crippen molar-refractivity contribution in [3.63, 3.8) is 0 Å². The number of carbonyl (C=O) groups is 2. The molecule has 0 aliphatic heterocycles. The fraction of sp³-hybridized carbons (Fsp3) is 0.500. The molecule has 0 spiro atoms. The van der Waals surface area contributed by atoms with Crippen LogP contribution in [0.4, 0.5) is 0 Å². The summed E-state index contributed by atoms with van der Waals surface area (Å²) in [6.45, 7) is 3.86. The normalized spacial score (nSPS) is 22.9. The molecule has 2 N–H and O–H groups in total. The number of aromatic nitrogens is 1. The van der Waals surface area contributed by atoms with E-state index >= 15 is 0 Å². The minimum atomic E-state index is -0.922. The Hall–Kier alpha value is -2.11. The molecule has 0 aromatic carbocycles. The first-order valence-electron chi connectivity index (χ1n) is 6.38. The summed E-state index contributed by atoms with van der Waals surface area (Å²) < 4.78 is 5.10. The maximum Gasteiger partial charge on any atom is 0.307 e. The molecule has 1 saturated carbocycles. The molecule has 0 radical (unpaired) electrons. The number of nitrogens with zero attached hydrogens (tertiary/aromatic N) is 1. The van der Waals surface area contributed by atoms with Crippen LogP contribution < -0.4 is 10.1 Å². The molecule has 20 heavy (non-hydrogen) atoms. The minimum absolute atomic E-state index is 0.242. The van der Waals surface area contributed by atoms with Gasteiger partial charge in [0, 0.05) is 18.3 Å². The number of methoxy groups -OCH3 is 1. The number of carboxylic acids is 1. The number of carbonyl (C=O) groups excluding carboxylic acids is 1. The number of aliphatic carboxylic acids is 1. The van der Waals surface area contributed by atoms with E-state index in [4.69, 9.17) is 9.84 Å². The van der Waals surface area contributed by atoms with E-state index in [2.05, 4.69) is 10.3 Å². The van der Waals surface area contributed by atoms with E-state index in [-0.39, 0.29) is 12.5 Å². The highest BCUT2D eigenvalue weighted by atomic mass is 16.5. The van der Waals surface area contributed by atoms with Gasteiger partial charge < -0.3 is 15.2 Å². The molecule has 6 nitrogen and oxygen atoms in total. The third-order valence-electron chi connectivity index (χ3n) is 3.87. The van der Waals surface area contributed by atoms with Gasteiger partial charge in [0.15, 0.2) is 0 Å². The average Bonchev–Trinajstić information content (AvgIpc) is 2.99. The molecule has 1 aliphatic carbocycles. The lowest BCUT2D eigenvalue weighted by molar-refractivity contribution is -0.140. The van der Waals surface area contributed by atoms with Crippen molar-refractivity contribution in [3.8, 4) is 5.88 Å². The zero-order chi connectivity index (χ0) is 14.9. The minimum Gasteiger partial charge on any atom is -0.481 e. The Morgan fingerprint density at radius 2 is 2.15 bits per heavy atom. The Morgan fingerprint density at radius 3 is 2.70 bits per heavy atom. The van der Waals surface area contributed by atoms with Crippen molar-refractivity contribution in [2.45, 2.75) is 20.4 Å². The third kappa shape index (κ3) is 2.45. The number of carboxylic acid groups (broad SMARTS) is 1. The lowest BCUT2D eigenvalue weighted by Crippen LogP contribution is -2.27. The van der Waals surface area contributed by atoms with Gasteiger partial charge in [-0.1, -0.05) is 19.9 Å². The summed E-state index contributed by atoms with van der Waals surface area (Å²) in [4.78, 5) is 27.2. The van der Waals surface area contributed by atoms with Crippen LogP contribution in [-0.4, -0.2) is 29.1 Å². The number of rotatable bonds is 5. The van der Waals surface area contributed by atoms with E-state index in [9.17, 15) is 9.59 Å². The lowest BCUT2D eigenvalue weighted by atomic mass is 10.1. The van der Waals surface area contributed by atoms with Crippen LogP contribution in [0.5, 0.6) is 5.88 Å². The van der Waals surface area contributed by atoms with Gasteiger partial charge in [0.05, 0.1) is 18.9 Å². The Kier molecular flexibility index (Phi) is 3.65. The summed E-state index contributed by atoms with van der Waals surface area (Å²) in [5, 5.41) is 11.8. The van der Waals surface area contributed by atoms with Gasteiger partial charge in [-0.25, -0.2) is 4.98 Å². The number of hydrogen-bond acceptors (Lipinski definition) is 4. The van der Waals surface area contributed by atoms with Crippen molar-refractivity contribution in [1.29, 1.82) is 0 Å². The molecular weight excluding hydrogens is 260 g/mol. The fourth-order valence-corrected chi connectivity index (χ4v) is 2.62. The van der Waals surface area contributed by atoms with Gasteiger partial charge in [0.1, 0.15) is 0 Å². The molecule has 1 aliphatic rings. The smallest absolute Gasteiger partial charge is 0.307 e. The topological polar surface area (TPSA) is 88.5 Å². The maximum atomic E-state index is 12.1. The van der Waals surface area contributed by atoms with Crippen LogP contribution in [0.25, 0.3) is 0 Å². The maximum absolute atomic E-state index is 12.1. The molecule has 2 atom stereocenters. The van der Waals surface area contributed by atoms with E-state index in [1.807, 2.05) is 0 Å². The molecule has 1 aromatic heterocycles. The quantitative estimate of drug-likeness (QED) is 0.841. The summed E-state index contributed by atoms with van der Waals surface area (Å²) >= 11 is 0. The highest BCUT2D eigenvalue weighted by Gasteiger charge is 2.65. The van der Waals surface area contributed by atoms with Crippen molar-refractivity contribution in [1.82, 2.24) is 10.3 Å². The van der Waals surface area contributed by atoms with Crippen LogP contribution in [-0.2, 0) is 16.1 Å². The second-order valence-electron chi connectivity index (χ2n) is 5.50. The number of nitrogens with one attached hydrogen (secondary N) is 1. The fourth-order valence-electron chi connectivity index (χ4n) is 2.62. The first kappa shape index (κ1) is 14.3. The van der Waals surface area contributed by atoms with Crippen LogP contribution >= 0.6 is 0 Å². The van der Waals surface area contributed by atoms with Crippen LogP contribution in [0.2, 0.25) is 0 Å². The van der Waals surface area contributed by atoms with E-state index in [0.717, 1.165) is 5.56 Å². The van der Waals surface area contributed by atoms with E-state index in [0.29, 0.717) is 5.88 Å². The summed E-state index contributed by atoms with van der Waals surface area (Å²) in [7, 11) is 1.51. The van der Waals surface area contributed by atoms with Crippen molar-refractivity contribution < 1.29 is 19.4 Å². The Balaban J connectivity index is 1.99. The number of pyridine rings is 1. The molecule has 108 valence electrons. The van der Waals surface area contributed by atoms with E-state index in [1.165, 1.54) is 7.11 Å². The molecule has 1 fully saturated rings. The van der Waals surface area contributed by atoms with Crippen molar-refractivity contribution in [2.75, 3.05) is 7.11 Å². The van der Waals surface area contributed by atoms with Gasteiger partial charge >= 0.3 is 5.97 Å². The molecule has 0 saturated heterocycles. The van der Waals surface area contributed by atoms with Gasteiger partial charge in [-0.3, -0.25) is 9.59 Å². The Labute approximate surface area is 117 Å². The number of ether oxygens (including phenoxy) is 1. The summed E-state index contributed by atoms with van der Waals surface area (Å²) in [6, 6.07) is 3.56. The first-order chi connectivity index (χ1) is 9.39. The van der Waals surface area contributed by atoms with Crippen LogP contribution in [0.1, 0.15) is 19.4 Å².